The standard InChI is InChI=1S/C24H26FN3O3/c1-16-12-19(24(30)31)13-21(27-16)4-3-5-23-26-14-22(11-6-17(2)29)28(23)15-18-7-9-20(25)10-8-18/h7-10,12-14H,3-6,11,15H2,1-2H3,(H,30,31). The van der Waals surface area contributed by atoms with Gasteiger partial charge in [0, 0.05) is 42.7 Å². The number of hydrogen-bond acceptors (Lipinski definition) is 4. The van der Waals surface area contributed by atoms with Gasteiger partial charge in [0.2, 0.25) is 0 Å². The summed E-state index contributed by atoms with van der Waals surface area (Å²) < 4.78 is 15.4. The highest BCUT2D eigenvalue weighted by Crippen LogP contribution is 2.16. The molecule has 0 amide bonds. The van der Waals surface area contributed by atoms with Crippen molar-refractivity contribution in [2.75, 3.05) is 0 Å². The molecule has 0 fully saturated rings. The molecule has 1 aromatic carbocycles. The largest absolute Gasteiger partial charge is 0.478 e. The lowest BCUT2D eigenvalue weighted by Crippen LogP contribution is -2.10. The number of carbonyl (C=O) groups excluding carboxylic acids is 1. The lowest BCUT2D eigenvalue weighted by Gasteiger charge is -2.12. The van der Waals surface area contributed by atoms with Crippen molar-refractivity contribution < 1.29 is 19.1 Å². The van der Waals surface area contributed by atoms with Crippen LogP contribution in [-0.2, 0) is 30.6 Å². The number of nitrogens with zero attached hydrogens (tertiary/aromatic N) is 3. The van der Waals surface area contributed by atoms with Crippen LogP contribution in [-0.4, -0.2) is 31.4 Å². The molecule has 3 aromatic rings. The summed E-state index contributed by atoms with van der Waals surface area (Å²) in [6, 6.07) is 9.53. The van der Waals surface area contributed by atoms with E-state index in [-0.39, 0.29) is 17.2 Å². The fraction of sp³-hybridized carbons (Fsp3) is 0.333. The van der Waals surface area contributed by atoms with E-state index < -0.39 is 5.97 Å². The summed E-state index contributed by atoms with van der Waals surface area (Å²) >= 11 is 0. The highest BCUT2D eigenvalue weighted by Gasteiger charge is 2.13. The van der Waals surface area contributed by atoms with Crippen LogP contribution in [0.15, 0.2) is 42.6 Å². The highest BCUT2D eigenvalue weighted by atomic mass is 19.1. The van der Waals surface area contributed by atoms with Gasteiger partial charge in [-0.15, -0.1) is 0 Å². The van der Waals surface area contributed by atoms with Gasteiger partial charge < -0.3 is 14.5 Å². The first-order valence-electron chi connectivity index (χ1n) is 10.3. The van der Waals surface area contributed by atoms with E-state index in [1.807, 2.05) is 0 Å². The molecule has 6 nitrogen and oxygen atoms in total. The molecule has 0 aliphatic heterocycles. The number of pyridine rings is 1. The molecule has 0 unspecified atom stereocenters. The minimum Gasteiger partial charge on any atom is -0.478 e. The molecule has 0 bridgehead atoms. The average molecular weight is 423 g/mol. The molecule has 0 aliphatic carbocycles. The Morgan fingerprint density at radius 2 is 1.84 bits per heavy atom. The molecule has 2 aromatic heterocycles. The number of halogens is 1. The minimum atomic E-state index is -0.961. The Hall–Kier alpha value is -3.35. The van der Waals surface area contributed by atoms with Crippen LogP contribution >= 0.6 is 0 Å². The highest BCUT2D eigenvalue weighted by molar-refractivity contribution is 5.87. The van der Waals surface area contributed by atoms with Crippen LogP contribution in [0.25, 0.3) is 0 Å². The Bertz CT molecular complexity index is 1070. The van der Waals surface area contributed by atoms with Crippen molar-refractivity contribution in [2.24, 2.45) is 0 Å². The van der Waals surface area contributed by atoms with E-state index in [9.17, 15) is 19.1 Å². The molecule has 1 N–H and O–H groups in total. The lowest BCUT2D eigenvalue weighted by molar-refractivity contribution is -0.117. The smallest absolute Gasteiger partial charge is 0.335 e. The minimum absolute atomic E-state index is 0.121. The van der Waals surface area contributed by atoms with Crippen LogP contribution in [0.2, 0.25) is 0 Å². The fourth-order valence-corrected chi connectivity index (χ4v) is 3.54. The number of hydrogen-bond donors (Lipinski definition) is 1. The first-order valence-corrected chi connectivity index (χ1v) is 10.3. The van der Waals surface area contributed by atoms with E-state index in [1.54, 1.807) is 44.3 Å². The zero-order valence-corrected chi connectivity index (χ0v) is 17.8. The third-order valence-corrected chi connectivity index (χ3v) is 5.09. The number of imidazole rings is 1. The third kappa shape index (κ3) is 6.31. The quantitative estimate of drug-likeness (QED) is 0.529. The van der Waals surface area contributed by atoms with Crippen molar-refractivity contribution in [3.8, 4) is 0 Å². The molecule has 0 spiro atoms. The molecular weight excluding hydrogens is 397 g/mol. The van der Waals surface area contributed by atoms with Crippen LogP contribution in [0.1, 0.15) is 58.6 Å². The maximum atomic E-state index is 13.3. The predicted molar refractivity (Wildman–Crippen MR) is 115 cm³/mol. The topological polar surface area (TPSA) is 85.1 Å². The van der Waals surface area contributed by atoms with Gasteiger partial charge in [-0.25, -0.2) is 14.2 Å². The Morgan fingerprint density at radius 3 is 2.52 bits per heavy atom. The molecular formula is C24H26FN3O3. The number of aromatic carboxylic acids is 1. The van der Waals surface area contributed by atoms with E-state index in [0.29, 0.717) is 37.9 Å². The first-order chi connectivity index (χ1) is 14.8. The maximum Gasteiger partial charge on any atom is 0.335 e. The van der Waals surface area contributed by atoms with Gasteiger partial charge in [0.05, 0.1) is 5.56 Å². The molecule has 7 heteroatoms. The average Bonchev–Trinajstić information content (AvgIpc) is 3.09. The number of carbonyl (C=O) groups is 2. The Balaban J connectivity index is 1.74. The van der Waals surface area contributed by atoms with Crippen LogP contribution in [0.5, 0.6) is 0 Å². The second kappa shape index (κ2) is 10.1. The predicted octanol–water partition coefficient (Wildman–Crippen LogP) is 4.17. The number of benzene rings is 1. The van der Waals surface area contributed by atoms with Crippen LogP contribution in [0, 0.1) is 12.7 Å². The molecule has 0 saturated heterocycles. The summed E-state index contributed by atoms with van der Waals surface area (Å²) in [5, 5.41) is 9.23. The Kier molecular flexibility index (Phi) is 7.28. The Morgan fingerprint density at radius 1 is 1.10 bits per heavy atom. The van der Waals surface area contributed by atoms with Crippen LogP contribution in [0.3, 0.4) is 0 Å². The van der Waals surface area contributed by atoms with Gasteiger partial charge in [-0.1, -0.05) is 12.1 Å². The fourth-order valence-electron chi connectivity index (χ4n) is 3.54. The summed E-state index contributed by atoms with van der Waals surface area (Å²) in [6.45, 7) is 3.91. The van der Waals surface area contributed by atoms with E-state index in [0.717, 1.165) is 29.2 Å². The van der Waals surface area contributed by atoms with E-state index >= 15 is 0 Å². The maximum absolute atomic E-state index is 13.3. The Labute approximate surface area is 180 Å². The van der Waals surface area contributed by atoms with E-state index in [1.165, 1.54) is 12.1 Å². The van der Waals surface area contributed by atoms with Gasteiger partial charge in [0.15, 0.2) is 0 Å². The number of carboxylic acid groups (broad SMARTS) is 1. The summed E-state index contributed by atoms with van der Waals surface area (Å²) in [6.07, 6.45) is 4.91. The van der Waals surface area contributed by atoms with Crippen LogP contribution < -0.4 is 0 Å². The second-order valence-electron chi connectivity index (χ2n) is 7.73. The molecule has 3 rings (SSSR count). The number of ketones is 1. The summed E-state index contributed by atoms with van der Waals surface area (Å²) in [4.78, 5) is 31.7. The summed E-state index contributed by atoms with van der Waals surface area (Å²) in [5.74, 6) is -0.237. The van der Waals surface area contributed by atoms with Crippen molar-refractivity contribution in [3.05, 3.63) is 82.4 Å². The van der Waals surface area contributed by atoms with Gasteiger partial charge in [-0.05, 0) is 62.9 Å². The molecule has 0 atom stereocenters. The normalized spacial score (nSPS) is 10.9. The molecule has 0 saturated carbocycles. The van der Waals surface area contributed by atoms with Gasteiger partial charge in [0.25, 0.3) is 0 Å². The summed E-state index contributed by atoms with van der Waals surface area (Å²) in [5.41, 5.74) is 3.59. The van der Waals surface area contributed by atoms with Crippen molar-refractivity contribution in [3.63, 3.8) is 0 Å². The van der Waals surface area contributed by atoms with Gasteiger partial charge >= 0.3 is 5.97 Å². The molecule has 0 aliphatic rings. The third-order valence-electron chi connectivity index (χ3n) is 5.09. The monoisotopic (exact) mass is 423 g/mol. The van der Waals surface area contributed by atoms with Crippen molar-refractivity contribution in [1.82, 2.24) is 14.5 Å². The number of aromatic nitrogens is 3. The van der Waals surface area contributed by atoms with Gasteiger partial charge in [-0.3, -0.25) is 4.98 Å². The number of aryl methyl sites for hydroxylation is 4. The molecule has 0 radical (unpaired) electrons. The molecule has 162 valence electrons. The first kappa shape index (κ1) is 22.3. The van der Waals surface area contributed by atoms with Crippen molar-refractivity contribution in [1.29, 1.82) is 0 Å². The zero-order chi connectivity index (χ0) is 22.4. The summed E-state index contributed by atoms with van der Waals surface area (Å²) in [7, 11) is 0. The van der Waals surface area contributed by atoms with Gasteiger partial charge in [0.1, 0.15) is 17.4 Å². The lowest BCUT2D eigenvalue weighted by atomic mass is 10.1. The molecule has 2 heterocycles. The SMILES string of the molecule is CC(=O)CCc1cnc(CCCc2cc(C(=O)O)cc(C)n2)n1Cc1ccc(F)cc1. The zero-order valence-electron chi connectivity index (χ0n) is 17.8. The number of Topliss-reactive ketones (excluding diaryl/α,β-unsaturated/α-hetero) is 1. The second-order valence-corrected chi connectivity index (χ2v) is 7.73. The van der Waals surface area contributed by atoms with E-state index in [4.69, 9.17) is 0 Å². The van der Waals surface area contributed by atoms with Crippen molar-refractivity contribution in [2.45, 2.75) is 52.5 Å². The number of carboxylic acids is 1. The van der Waals surface area contributed by atoms with Gasteiger partial charge in [-0.2, -0.15) is 0 Å². The van der Waals surface area contributed by atoms with Crippen molar-refractivity contribution >= 4 is 11.8 Å². The molecule has 31 heavy (non-hydrogen) atoms. The van der Waals surface area contributed by atoms with E-state index in [2.05, 4.69) is 14.5 Å². The van der Waals surface area contributed by atoms with Crippen LogP contribution in [0.4, 0.5) is 4.39 Å². The number of rotatable bonds is 10.